The second-order valence-electron chi connectivity index (χ2n) is 13.2. The molecular formula is C42H34BrN. The molecule has 0 aliphatic heterocycles. The van der Waals surface area contributed by atoms with Crippen molar-refractivity contribution in [1.82, 2.24) is 0 Å². The summed E-state index contributed by atoms with van der Waals surface area (Å²) in [7, 11) is 0. The van der Waals surface area contributed by atoms with Crippen LogP contribution in [0.3, 0.4) is 0 Å². The van der Waals surface area contributed by atoms with E-state index in [-0.39, 0.29) is 10.8 Å². The Labute approximate surface area is 269 Å². The van der Waals surface area contributed by atoms with E-state index in [0.29, 0.717) is 0 Å². The molecule has 44 heavy (non-hydrogen) atoms. The van der Waals surface area contributed by atoms with Gasteiger partial charge in [-0.25, -0.2) is 0 Å². The summed E-state index contributed by atoms with van der Waals surface area (Å²) >= 11 is 3.89. The minimum atomic E-state index is -0.0679. The first-order valence-corrected chi connectivity index (χ1v) is 16.2. The van der Waals surface area contributed by atoms with E-state index >= 15 is 0 Å². The molecule has 0 radical (unpaired) electrons. The SMILES string of the molecule is CC1(C)c2ccccc2-c2ccc(-c3cc(Br)cc(N(c4ccccc4)c4ccc5c(c4)C(C)(C)c4ccccc4-5)c3)cc21. The third-order valence-corrected chi connectivity index (χ3v) is 10.4. The van der Waals surface area contributed by atoms with Crippen LogP contribution in [0.25, 0.3) is 33.4 Å². The number of anilines is 3. The highest BCUT2D eigenvalue weighted by atomic mass is 79.9. The summed E-state index contributed by atoms with van der Waals surface area (Å²) in [5.41, 5.74) is 16.7. The maximum Gasteiger partial charge on any atom is 0.0479 e. The number of hydrogen-bond donors (Lipinski definition) is 0. The maximum absolute atomic E-state index is 3.89. The van der Waals surface area contributed by atoms with Crippen LogP contribution in [0.5, 0.6) is 0 Å². The number of hydrogen-bond acceptors (Lipinski definition) is 1. The molecule has 0 saturated heterocycles. The van der Waals surface area contributed by atoms with Crippen molar-refractivity contribution < 1.29 is 0 Å². The van der Waals surface area contributed by atoms with Gasteiger partial charge in [0.15, 0.2) is 0 Å². The van der Waals surface area contributed by atoms with Gasteiger partial charge in [-0.2, -0.15) is 0 Å². The molecule has 0 heterocycles. The maximum atomic E-state index is 3.89. The fourth-order valence-corrected chi connectivity index (χ4v) is 8.09. The molecule has 0 spiro atoms. The molecule has 0 unspecified atom stereocenters. The highest BCUT2D eigenvalue weighted by molar-refractivity contribution is 9.10. The van der Waals surface area contributed by atoms with Gasteiger partial charge in [0.05, 0.1) is 0 Å². The van der Waals surface area contributed by atoms with Crippen molar-refractivity contribution in [1.29, 1.82) is 0 Å². The lowest BCUT2D eigenvalue weighted by atomic mass is 9.81. The molecule has 0 aromatic heterocycles. The van der Waals surface area contributed by atoms with Gasteiger partial charge in [-0.3, -0.25) is 0 Å². The summed E-state index contributed by atoms with van der Waals surface area (Å²) in [5.74, 6) is 0. The van der Waals surface area contributed by atoms with E-state index in [1.54, 1.807) is 0 Å². The Morgan fingerprint density at radius 3 is 1.61 bits per heavy atom. The lowest BCUT2D eigenvalue weighted by Gasteiger charge is -2.28. The van der Waals surface area contributed by atoms with E-state index in [1.807, 2.05) is 0 Å². The summed E-state index contributed by atoms with van der Waals surface area (Å²) < 4.78 is 1.06. The number of halogens is 1. The zero-order chi connectivity index (χ0) is 30.2. The minimum Gasteiger partial charge on any atom is -0.310 e. The molecule has 8 rings (SSSR count). The van der Waals surface area contributed by atoms with Crippen LogP contribution in [0.1, 0.15) is 49.9 Å². The Hall–Kier alpha value is -4.40. The Morgan fingerprint density at radius 2 is 0.955 bits per heavy atom. The number of benzene rings is 6. The molecule has 0 fully saturated rings. The van der Waals surface area contributed by atoms with Crippen LogP contribution in [0.2, 0.25) is 0 Å². The second kappa shape index (κ2) is 9.81. The van der Waals surface area contributed by atoms with Gasteiger partial charge in [0, 0.05) is 32.4 Å². The Bertz CT molecular complexity index is 2090. The first-order chi connectivity index (χ1) is 21.2. The monoisotopic (exact) mass is 631 g/mol. The van der Waals surface area contributed by atoms with Gasteiger partial charge in [0.2, 0.25) is 0 Å². The number of rotatable bonds is 4. The van der Waals surface area contributed by atoms with E-state index in [9.17, 15) is 0 Å². The van der Waals surface area contributed by atoms with Crippen LogP contribution in [-0.2, 0) is 10.8 Å². The number of para-hydroxylation sites is 1. The molecule has 2 aliphatic rings. The predicted molar refractivity (Wildman–Crippen MR) is 189 cm³/mol. The van der Waals surface area contributed by atoms with Crippen LogP contribution < -0.4 is 4.90 Å². The van der Waals surface area contributed by atoms with Crippen LogP contribution >= 0.6 is 15.9 Å². The molecule has 6 aromatic carbocycles. The topological polar surface area (TPSA) is 3.24 Å². The Balaban J connectivity index is 1.27. The van der Waals surface area contributed by atoms with E-state index in [0.717, 1.165) is 21.5 Å². The van der Waals surface area contributed by atoms with Gasteiger partial charge in [0.25, 0.3) is 0 Å². The van der Waals surface area contributed by atoms with Crippen molar-refractivity contribution in [2.24, 2.45) is 0 Å². The fourth-order valence-electron chi connectivity index (χ4n) is 7.61. The summed E-state index contributed by atoms with van der Waals surface area (Å²) in [6, 6.07) is 49.2. The Kier molecular flexibility index (Phi) is 6.06. The summed E-state index contributed by atoms with van der Waals surface area (Å²) in [6.45, 7) is 9.38. The zero-order valence-electron chi connectivity index (χ0n) is 25.5. The molecule has 2 heteroatoms. The van der Waals surface area contributed by atoms with Gasteiger partial charge in [-0.15, -0.1) is 0 Å². The van der Waals surface area contributed by atoms with E-state index in [4.69, 9.17) is 0 Å². The average molecular weight is 633 g/mol. The highest BCUT2D eigenvalue weighted by Crippen LogP contribution is 2.52. The Morgan fingerprint density at radius 1 is 0.409 bits per heavy atom. The molecule has 0 N–H and O–H groups in total. The van der Waals surface area contributed by atoms with E-state index in [1.165, 1.54) is 55.6 Å². The molecule has 2 aliphatic carbocycles. The second-order valence-corrected chi connectivity index (χ2v) is 14.1. The minimum absolute atomic E-state index is 0.0400. The van der Waals surface area contributed by atoms with Gasteiger partial charge in [-0.1, -0.05) is 129 Å². The number of fused-ring (bicyclic) bond motifs is 6. The highest BCUT2D eigenvalue weighted by Gasteiger charge is 2.36. The van der Waals surface area contributed by atoms with Crippen LogP contribution in [-0.4, -0.2) is 0 Å². The standard InChI is InChI=1S/C42H34BrN/c1-41(2)37-16-10-8-14-33(37)35-20-18-27(24-39(35)41)28-22-29(43)25-32(23-28)44(30-12-6-5-7-13-30)31-19-21-36-34-15-9-11-17-38(34)42(3,4)40(36)26-31/h5-26H,1-4H3. The molecule has 0 atom stereocenters. The summed E-state index contributed by atoms with van der Waals surface area (Å²) in [6.07, 6.45) is 0. The van der Waals surface area contributed by atoms with Gasteiger partial charge in [-0.05, 0) is 104 Å². The van der Waals surface area contributed by atoms with Crippen molar-refractivity contribution in [2.45, 2.75) is 38.5 Å². The zero-order valence-corrected chi connectivity index (χ0v) is 27.1. The molecule has 6 aromatic rings. The number of nitrogens with zero attached hydrogens (tertiary/aromatic N) is 1. The quantitative estimate of drug-likeness (QED) is 0.187. The predicted octanol–water partition coefficient (Wildman–Crippen LogP) is 12.2. The van der Waals surface area contributed by atoms with Crippen LogP contribution in [0.4, 0.5) is 17.1 Å². The molecular weight excluding hydrogens is 598 g/mol. The first kappa shape index (κ1) is 27.2. The largest absolute Gasteiger partial charge is 0.310 e. The summed E-state index contributed by atoms with van der Waals surface area (Å²) in [5, 5.41) is 0. The van der Waals surface area contributed by atoms with Crippen molar-refractivity contribution >= 4 is 33.0 Å². The average Bonchev–Trinajstić information content (AvgIpc) is 3.41. The van der Waals surface area contributed by atoms with Crippen molar-refractivity contribution in [3.05, 3.63) is 160 Å². The summed E-state index contributed by atoms with van der Waals surface area (Å²) in [4.78, 5) is 2.39. The van der Waals surface area contributed by atoms with Gasteiger partial charge >= 0.3 is 0 Å². The molecule has 0 amide bonds. The fraction of sp³-hybridized carbons (Fsp3) is 0.143. The van der Waals surface area contributed by atoms with Gasteiger partial charge in [0.1, 0.15) is 0 Å². The van der Waals surface area contributed by atoms with Crippen molar-refractivity contribution in [2.75, 3.05) is 4.90 Å². The third-order valence-electron chi connectivity index (χ3n) is 9.90. The van der Waals surface area contributed by atoms with Crippen molar-refractivity contribution in [3.8, 4) is 33.4 Å². The smallest absolute Gasteiger partial charge is 0.0479 e. The van der Waals surface area contributed by atoms with Crippen LogP contribution in [0, 0.1) is 0 Å². The van der Waals surface area contributed by atoms with Crippen LogP contribution in [0.15, 0.2) is 138 Å². The molecule has 0 saturated carbocycles. The van der Waals surface area contributed by atoms with E-state index < -0.39 is 0 Å². The molecule has 1 nitrogen and oxygen atoms in total. The normalized spacial score (nSPS) is 14.8. The van der Waals surface area contributed by atoms with Gasteiger partial charge < -0.3 is 4.90 Å². The molecule has 214 valence electrons. The van der Waals surface area contributed by atoms with Crippen molar-refractivity contribution in [3.63, 3.8) is 0 Å². The lowest BCUT2D eigenvalue weighted by molar-refractivity contribution is 0.660. The lowest BCUT2D eigenvalue weighted by Crippen LogP contribution is -2.16. The van der Waals surface area contributed by atoms with E-state index in [2.05, 4.69) is 182 Å². The third kappa shape index (κ3) is 4.04. The molecule has 0 bridgehead atoms. The first-order valence-electron chi connectivity index (χ1n) is 15.4.